The molecule has 6 heteroatoms. The van der Waals surface area contributed by atoms with Crippen molar-refractivity contribution in [3.63, 3.8) is 0 Å². The number of hydrogen-bond donors (Lipinski definition) is 1. The predicted octanol–water partition coefficient (Wildman–Crippen LogP) is 2.76. The monoisotopic (exact) mass is 339 g/mol. The number of hydrogen-bond acceptors (Lipinski definition) is 5. The van der Waals surface area contributed by atoms with Crippen LogP contribution >= 0.6 is 0 Å². The molecule has 0 bridgehead atoms. The highest BCUT2D eigenvalue weighted by molar-refractivity contribution is 5.69. The molecule has 0 saturated carbocycles. The third kappa shape index (κ3) is 4.22. The molecule has 2 heterocycles. The summed E-state index contributed by atoms with van der Waals surface area (Å²) in [5.74, 6) is -0.394. The number of ether oxygens (including phenoxy) is 1. The fourth-order valence-corrected chi connectivity index (χ4v) is 3.00. The average Bonchev–Trinajstić information content (AvgIpc) is 3.08. The van der Waals surface area contributed by atoms with Crippen molar-refractivity contribution in [2.75, 3.05) is 13.2 Å². The lowest BCUT2D eigenvalue weighted by atomic mass is 10.1. The number of carboxylic acid groups (broad SMARTS) is 1. The van der Waals surface area contributed by atoms with Gasteiger partial charge < -0.3 is 9.84 Å². The van der Waals surface area contributed by atoms with Crippen LogP contribution in [0.1, 0.15) is 18.9 Å². The van der Waals surface area contributed by atoms with Crippen molar-refractivity contribution in [1.82, 2.24) is 14.9 Å². The summed E-state index contributed by atoms with van der Waals surface area (Å²) in [7, 11) is 0. The lowest BCUT2D eigenvalue weighted by molar-refractivity contribution is -0.139. The minimum atomic E-state index is -0.988. The maximum absolute atomic E-state index is 10.9. The molecule has 1 atom stereocenters. The van der Waals surface area contributed by atoms with Crippen LogP contribution in [0.3, 0.4) is 0 Å². The van der Waals surface area contributed by atoms with Gasteiger partial charge in [-0.1, -0.05) is 19.1 Å². The van der Waals surface area contributed by atoms with Crippen molar-refractivity contribution < 1.29 is 14.6 Å². The zero-order valence-electron chi connectivity index (χ0n) is 14.1. The van der Waals surface area contributed by atoms with E-state index < -0.39 is 5.97 Å². The van der Waals surface area contributed by atoms with Gasteiger partial charge in [0.25, 0.3) is 0 Å². The second kappa shape index (κ2) is 7.90. The minimum Gasteiger partial charge on any atom is -0.482 e. The topological polar surface area (TPSA) is 75.5 Å². The second-order valence-corrected chi connectivity index (χ2v) is 5.93. The van der Waals surface area contributed by atoms with Crippen molar-refractivity contribution >= 4 is 5.97 Å². The largest absolute Gasteiger partial charge is 0.482 e. The van der Waals surface area contributed by atoms with E-state index in [1.807, 2.05) is 18.2 Å². The number of aliphatic carboxylic acids is 1. The number of carboxylic acids is 1. The third-order valence-corrected chi connectivity index (χ3v) is 4.23. The summed E-state index contributed by atoms with van der Waals surface area (Å²) < 4.78 is 5.49. The Kier molecular flexibility index (Phi) is 5.40. The van der Waals surface area contributed by atoms with E-state index in [1.54, 1.807) is 18.6 Å². The smallest absolute Gasteiger partial charge is 0.341 e. The highest BCUT2D eigenvalue weighted by Gasteiger charge is 2.20. The molecule has 25 heavy (non-hydrogen) atoms. The maximum Gasteiger partial charge on any atom is 0.341 e. The van der Waals surface area contributed by atoms with E-state index in [0.717, 1.165) is 29.8 Å². The van der Waals surface area contributed by atoms with Gasteiger partial charge in [0.05, 0.1) is 11.9 Å². The molecule has 1 aromatic carbocycles. The molecular weight excluding hydrogens is 318 g/mol. The van der Waals surface area contributed by atoms with Crippen LogP contribution in [0, 0.1) is 0 Å². The van der Waals surface area contributed by atoms with E-state index in [4.69, 9.17) is 9.84 Å². The molecule has 1 N–H and O–H groups in total. The van der Waals surface area contributed by atoms with E-state index in [1.165, 1.54) is 0 Å². The van der Waals surface area contributed by atoms with E-state index in [-0.39, 0.29) is 6.61 Å². The molecule has 2 aromatic rings. The summed E-state index contributed by atoms with van der Waals surface area (Å²) in [5, 5.41) is 8.90. The van der Waals surface area contributed by atoms with Crippen LogP contribution in [-0.2, 0) is 11.3 Å². The molecule has 1 aliphatic heterocycles. The number of aromatic nitrogens is 2. The fourth-order valence-electron chi connectivity index (χ4n) is 3.00. The molecule has 6 nitrogen and oxygen atoms in total. The van der Waals surface area contributed by atoms with Gasteiger partial charge in [0.15, 0.2) is 6.61 Å². The molecule has 3 rings (SSSR count). The van der Waals surface area contributed by atoms with Gasteiger partial charge in [-0.25, -0.2) is 4.79 Å². The molecule has 0 aliphatic carbocycles. The zero-order chi connectivity index (χ0) is 17.6. The van der Waals surface area contributed by atoms with E-state index in [9.17, 15) is 4.79 Å². The first kappa shape index (κ1) is 17.1. The Morgan fingerprint density at radius 3 is 3.00 bits per heavy atom. The number of nitrogens with zero attached hydrogens (tertiary/aromatic N) is 3. The SMILES string of the molecule is CCC1C=CCN1Cc1cc(-c2cnccn2)ccc1OCC(=O)O. The highest BCUT2D eigenvalue weighted by atomic mass is 16.5. The van der Waals surface area contributed by atoms with Crippen LogP contribution in [0.4, 0.5) is 0 Å². The summed E-state index contributed by atoms with van der Waals surface area (Å²) in [4.78, 5) is 21.6. The first-order valence-corrected chi connectivity index (χ1v) is 8.32. The summed E-state index contributed by atoms with van der Waals surface area (Å²) >= 11 is 0. The lowest BCUT2D eigenvalue weighted by Gasteiger charge is -2.24. The molecule has 1 unspecified atom stereocenters. The summed E-state index contributed by atoms with van der Waals surface area (Å²) in [6.45, 7) is 3.37. The fraction of sp³-hybridized carbons (Fsp3) is 0.316. The summed E-state index contributed by atoms with van der Waals surface area (Å²) in [6, 6.07) is 6.09. The van der Waals surface area contributed by atoms with Crippen LogP contribution in [-0.4, -0.2) is 45.1 Å². The predicted molar refractivity (Wildman–Crippen MR) is 94.2 cm³/mol. The van der Waals surface area contributed by atoms with Crippen molar-refractivity contribution in [2.24, 2.45) is 0 Å². The van der Waals surface area contributed by atoms with Crippen LogP contribution in [0.15, 0.2) is 48.9 Å². The number of benzene rings is 1. The first-order chi connectivity index (χ1) is 12.2. The molecule has 0 radical (unpaired) electrons. The van der Waals surface area contributed by atoms with E-state index >= 15 is 0 Å². The zero-order valence-corrected chi connectivity index (χ0v) is 14.1. The van der Waals surface area contributed by atoms with Crippen molar-refractivity contribution in [3.8, 4) is 17.0 Å². The summed E-state index contributed by atoms with van der Waals surface area (Å²) in [6.07, 6.45) is 10.4. The standard InChI is InChI=1S/C19H21N3O3/c1-2-16-4-3-9-22(16)12-15-10-14(17-11-20-7-8-21-17)5-6-18(15)25-13-19(23)24/h3-8,10-11,16H,2,9,12-13H2,1H3,(H,23,24). The van der Waals surface area contributed by atoms with Gasteiger partial charge in [0, 0.05) is 42.7 Å². The van der Waals surface area contributed by atoms with Gasteiger partial charge in [0.2, 0.25) is 0 Å². The Balaban J connectivity index is 1.89. The Bertz CT molecular complexity index is 762. The molecule has 0 spiro atoms. The first-order valence-electron chi connectivity index (χ1n) is 8.32. The molecule has 1 aromatic heterocycles. The van der Waals surface area contributed by atoms with Crippen molar-refractivity contribution in [3.05, 3.63) is 54.5 Å². The summed E-state index contributed by atoms with van der Waals surface area (Å²) in [5.41, 5.74) is 2.66. The van der Waals surface area contributed by atoms with E-state index in [2.05, 4.69) is 33.9 Å². The second-order valence-electron chi connectivity index (χ2n) is 5.93. The van der Waals surface area contributed by atoms with Gasteiger partial charge in [0.1, 0.15) is 5.75 Å². The van der Waals surface area contributed by atoms with Gasteiger partial charge in [-0.2, -0.15) is 0 Å². The molecule has 130 valence electrons. The Labute approximate surface area is 146 Å². The van der Waals surface area contributed by atoms with E-state index in [0.29, 0.717) is 18.3 Å². The normalized spacial score (nSPS) is 16.9. The van der Waals surface area contributed by atoms with Crippen molar-refractivity contribution in [2.45, 2.75) is 25.9 Å². The third-order valence-electron chi connectivity index (χ3n) is 4.23. The molecule has 1 aliphatic rings. The molecule has 0 amide bonds. The molecule has 0 saturated heterocycles. The maximum atomic E-state index is 10.9. The van der Waals surface area contributed by atoms with Gasteiger partial charge >= 0.3 is 5.97 Å². The molecule has 0 fully saturated rings. The minimum absolute atomic E-state index is 0.354. The average molecular weight is 339 g/mol. The highest BCUT2D eigenvalue weighted by Crippen LogP contribution is 2.28. The van der Waals surface area contributed by atoms with Crippen molar-refractivity contribution in [1.29, 1.82) is 0 Å². The van der Waals surface area contributed by atoms with Crippen LogP contribution < -0.4 is 4.74 Å². The van der Waals surface area contributed by atoms with Crippen LogP contribution in [0.2, 0.25) is 0 Å². The number of rotatable bonds is 7. The van der Waals surface area contributed by atoms with Gasteiger partial charge in [-0.05, 0) is 24.6 Å². The molecular formula is C19H21N3O3. The Hall–Kier alpha value is -2.73. The lowest BCUT2D eigenvalue weighted by Crippen LogP contribution is -2.29. The quantitative estimate of drug-likeness (QED) is 0.782. The number of carbonyl (C=O) groups is 1. The van der Waals surface area contributed by atoms with Gasteiger partial charge in [-0.3, -0.25) is 14.9 Å². The Morgan fingerprint density at radius 2 is 2.28 bits per heavy atom. The Morgan fingerprint density at radius 1 is 1.40 bits per heavy atom. The van der Waals surface area contributed by atoms with Crippen LogP contribution in [0.25, 0.3) is 11.3 Å². The van der Waals surface area contributed by atoms with Crippen LogP contribution in [0.5, 0.6) is 5.75 Å². The van der Waals surface area contributed by atoms with Gasteiger partial charge in [-0.15, -0.1) is 0 Å².